The molecule has 1 aliphatic rings. The van der Waals surface area contributed by atoms with E-state index >= 15 is 0 Å². The Morgan fingerprint density at radius 3 is 2.59 bits per heavy atom. The molecule has 0 radical (unpaired) electrons. The SMILES string of the molecule is Cc1ccc(C)c(-n2c(SCc3cc(=O)n(C)c(=O)n3C)nc3sc4c(c3c2=O)CCCC4)c1. The van der Waals surface area contributed by atoms with Crippen molar-refractivity contribution in [1.29, 1.82) is 0 Å². The zero-order chi connectivity index (χ0) is 24.1. The van der Waals surface area contributed by atoms with Gasteiger partial charge in [0.1, 0.15) is 4.83 Å². The average molecular weight is 495 g/mol. The molecule has 0 bridgehead atoms. The van der Waals surface area contributed by atoms with Crippen LogP contribution in [0.2, 0.25) is 0 Å². The van der Waals surface area contributed by atoms with Crippen molar-refractivity contribution in [3.63, 3.8) is 0 Å². The Hall–Kier alpha value is -2.91. The van der Waals surface area contributed by atoms with Gasteiger partial charge in [0, 0.05) is 36.5 Å². The molecule has 0 amide bonds. The molecule has 0 saturated heterocycles. The van der Waals surface area contributed by atoms with Gasteiger partial charge in [-0.2, -0.15) is 0 Å². The Balaban J connectivity index is 1.71. The quantitative estimate of drug-likeness (QED) is 0.320. The molecular weight excluding hydrogens is 468 g/mol. The van der Waals surface area contributed by atoms with Gasteiger partial charge in [0.2, 0.25) is 0 Å². The summed E-state index contributed by atoms with van der Waals surface area (Å²) in [4.78, 5) is 45.6. The summed E-state index contributed by atoms with van der Waals surface area (Å²) < 4.78 is 4.27. The van der Waals surface area contributed by atoms with E-state index in [9.17, 15) is 14.4 Å². The molecule has 0 fully saturated rings. The fraction of sp³-hybridized carbons (Fsp3) is 0.360. The van der Waals surface area contributed by atoms with E-state index in [1.54, 1.807) is 23.0 Å². The number of hydrogen-bond donors (Lipinski definition) is 0. The highest BCUT2D eigenvalue weighted by Crippen LogP contribution is 2.36. The van der Waals surface area contributed by atoms with Crippen LogP contribution in [0.15, 0.2) is 43.8 Å². The fourth-order valence-electron chi connectivity index (χ4n) is 4.51. The minimum Gasteiger partial charge on any atom is -0.300 e. The van der Waals surface area contributed by atoms with Crippen LogP contribution in [-0.4, -0.2) is 18.7 Å². The third-order valence-electron chi connectivity index (χ3n) is 6.54. The maximum Gasteiger partial charge on any atom is 0.330 e. The average Bonchev–Trinajstić information content (AvgIpc) is 3.19. The van der Waals surface area contributed by atoms with Gasteiger partial charge in [-0.1, -0.05) is 23.9 Å². The molecule has 0 spiro atoms. The van der Waals surface area contributed by atoms with Gasteiger partial charge in [-0.3, -0.25) is 23.3 Å². The van der Waals surface area contributed by atoms with Crippen molar-refractivity contribution in [1.82, 2.24) is 18.7 Å². The summed E-state index contributed by atoms with van der Waals surface area (Å²) in [6, 6.07) is 7.53. The van der Waals surface area contributed by atoms with Crippen LogP contribution in [0.25, 0.3) is 15.9 Å². The maximum absolute atomic E-state index is 14.0. The van der Waals surface area contributed by atoms with Crippen LogP contribution in [0.5, 0.6) is 0 Å². The Morgan fingerprint density at radius 1 is 1.03 bits per heavy atom. The second-order valence-corrected chi connectivity index (χ2v) is 10.9. The van der Waals surface area contributed by atoms with E-state index in [0.717, 1.165) is 62.8 Å². The van der Waals surface area contributed by atoms with E-state index in [1.807, 2.05) is 32.0 Å². The number of thiophene rings is 1. The van der Waals surface area contributed by atoms with E-state index in [4.69, 9.17) is 4.98 Å². The molecule has 3 heterocycles. The molecule has 0 N–H and O–H groups in total. The minimum atomic E-state index is -0.371. The third kappa shape index (κ3) is 3.76. The first kappa shape index (κ1) is 22.9. The van der Waals surface area contributed by atoms with Crippen molar-refractivity contribution in [2.24, 2.45) is 14.1 Å². The van der Waals surface area contributed by atoms with E-state index in [1.165, 1.54) is 34.3 Å². The number of fused-ring (bicyclic) bond motifs is 3. The Labute approximate surface area is 204 Å². The number of thioether (sulfide) groups is 1. The molecule has 1 aliphatic carbocycles. The predicted molar refractivity (Wildman–Crippen MR) is 138 cm³/mol. The highest BCUT2D eigenvalue weighted by molar-refractivity contribution is 7.98. The molecule has 3 aromatic heterocycles. The van der Waals surface area contributed by atoms with E-state index in [0.29, 0.717) is 16.6 Å². The molecule has 34 heavy (non-hydrogen) atoms. The van der Waals surface area contributed by atoms with Gasteiger partial charge in [-0.15, -0.1) is 11.3 Å². The predicted octanol–water partition coefficient (Wildman–Crippen LogP) is 3.63. The van der Waals surface area contributed by atoms with Crippen LogP contribution in [-0.2, 0) is 32.7 Å². The van der Waals surface area contributed by atoms with Gasteiger partial charge < -0.3 is 0 Å². The highest BCUT2D eigenvalue weighted by atomic mass is 32.2. The van der Waals surface area contributed by atoms with Gasteiger partial charge in [-0.25, -0.2) is 9.78 Å². The molecule has 0 aliphatic heterocycles. The smallest absolute Gasteiger partial charge is 0.300 e. The van der Waals surface area contributed by atoms with Gasteiger partial charge in [0.15, 0.2) is 5.16 Å². The number of nitrogens with zero attached hydrogens (tertiary/aromatic N) is 4. The topological polar surface area (TPSA) is 78.9 Å². The van der Waals surface area contributed by atoms with Crippen LogP contribution in [0.4, 0.5) is 0 Å². The number of rotatable bonds is 4. The molecule has 176 valence electrons. The monoisotopic (exact) mass is 494 g/mol. The summed E-state index contributed by atoms with van der Waals surface area (Å²) in [7, 11) is 3.12. The standard InChI is InChI=1S/C25H26N4O3S2/c1-14-9-10-15(2)18(11-14)29-23(31)21-17-7-5-6-8-19(17)34-22(21)26-24(29)33-13-16-12-20(30)28(4)25(32)27(16)3/h9-12H,5-8,13H2,1-4H3. The first-order valence-corrected chi connectivity index (χ1v) is 13.1. The number of hydrogen-bond acceptors (Lipinski definition) is 6. The number of aromatic nitrogens is 4. The van der Waals surface area contributed by atoms with E-state index in [-0.39, 0.29) is 16.8 Å². The van der Waals surface area contributed by atoms with Gasteiger partial charge in [-0.05, 0) is 62.3 Å². The van der Waals surface area contributed by atoms with Crippen molar-refractivity contribution in [3.05, 3.63) is 82.7 Å². The van der Waals surface area contributed by atoms with E-state index < -0.39 is 0 Å². The van der Waals surface area contributed by atoms with Crippen LogP contribution < -0.4 is 16.8 Å². The first-order chi connectivity index (χ1) is 16.3. The molecule has 0 saturated carbocycles. The zero-order valence-corrected chi connectivity index (χ0v) is 21.3. The lowest BCUT2D eigenvalue weighted by atomic mass is 9.97. The van der Waals surface area contributed by atoms with Gasteiger partial charge in [0.05, 0.1) is 11.1 Å². The first-order valence-electron chi connectivity index (χ1n) is 11.3. The van der Waals surface area contributed by atoms with Crippen molar-refractivity contribution in [2.45, 2.75) is 50.4 Å². The Bertz CT molecular complexity index is 1620. The maximum atomic E-state index is 14.0. The lowest BCUT2D eigenvalue weighted by Crippen LogP contribution is -2.37. The van der Waals surface area contributed by atoms with Crippen molar-refractivity contribution < 1.29 is 0 Å². The van der Waals surface area contributed by atoms with Crippen LogP contribution in [0.3, 0.4) is 0 Å². The zero-order valence-electron chi connectivity index (χ0n) is 19.7. The normalized spacial score (nSPS) is 13.4. The van der Waals surface area contributed by atoms with Crippen molar-refractivity contribution in [3.8, 4) is 5.69 Å². The van der Waals surface area contributed by atoms with Crippen LogP contribution in [0, 0.1) is 13.8 Å². The van der Waals surface area contributed by atoms with Gasteiger partial charge >= 0.3 is 5.69 Å². The molecule has 0 atom stereocenters. The van der Waals surface area contributed by atoms with Gasteiger partial charge in [0.25, 0.3) is 11.1 Å². The Morgan fingerprint density at radius 2 is 1.79 bits per heavy atom. The molecular formula is C25H26N4O3S2. The summed E-state index contributed by atoms with van der Waals surface area (Å²) in [5.41, 5.74) is 3.85. The molecule has 5 rings (SSSR count). The van der Waals surface area contributed by atoms with E-state index in [2.05, 4.69) is 0 Å². The Kier molecular flexibility index (Phi) is 5.85. The lowest BCUT2D eigenvalue weighted by molar-refractivity contribution is 0.664. The summed E-state index contributed by atoms with van der Waals surface area (Å²) in [5.74, 6) is 0.343. The number of benzene rings is 1. The van der Waals surface area contributed by atoms with Crippen molar-refractivity contribution >= 4 is 33.3 Å². The summed E-state index contributed by atoms with van der Waals surface area (Å²) in [6.45, 7) is 4.00. The summed E-state index contributed by atoms with van der Waals surface area (Å²) >= 11 is 3.00. The summed E-state index contributed by atoms with van der Waals surface area (Å²) in [5, 5.41) is 1.31. The van der Waals surface area contributed by atoms with Crippen LogP contribution >= 0.6 is 23.1 Å². The second-order valence-electron chi connectivity index (χ2n) is 8.88. The molecule has 1 aromatic carbocycles. The molecule has 9 heteroatoms. The fourth-order valence-corrected chi connectivity index (χ4v) is 6.84. The third-order valence-corrected chi connectivity index (χ3v) is 8.70. The number of aryl methyl sites for hydroxylation is 4. The summed E-state index contributed by atoms with van der Waals surface area (Å²) in [6.07, 6.45) is 4.15. The molecule has 0 unspecified atom stereocenters. The van der Waals surface area contributed by atoms with Crippen LogP contribution in [0.1, 0.15) is 40.1 Å². The second kappa shape index (κ2) is 8.70. The lowest BCUT2D eigenvalue weighted by Gasteiger charge is -2.16. The van der Waals surface area contributed by atoms with Crippen molar-refractivity contribution in [2.75, 3.05) is 0 Å². The highest BCUT2D eigenvalue weighted by Gasteiger charge is 2.23. The molecule has 4 aromatic rings. The largest absolute Gasteiger partial charge is 0.330 e. The minimum absolute atomic E-state index is 0.0431. The molecule has 7 nitrogen and oxygen atoms in total.